The summed E-state index contributed by atoms with van der Waals surface area (Å²) < 4.78 is 31.7. The van der Waals surface area contributed by atoms with E-state index in [-0.39, 0.29) is 11.8 Å². The van der Waals surface area contributed by atoms with Gasteiger partial charge in [-0.15, -0.1) is 0 Å². The number of carboxylic acid groups (broad SMARTS) is 1. The highest BCUT2D eigenvalue weighted by Gasteiger charge is 2.38. The number of benzene rings is 1. The van der Waals surface area contributed by atoms with Crippen molar-refractivity contribution in [3.8, 4) is 11.3 Å². The average molecular weight is 454 g/mol. The molecule has 2 aromatic rings. The average Bonchev–Trinajstić information content (AvgIpc) is 3.20. The molecule has 1 aromatic carbocycles. The molecule has 0 radical (unpaired) electrons. The van der Waals surface area contributed by atoms with Gasteiger partial charge >= 0.3 is 12.1 Å². The molecule has 3 rings (SSSR count). The van der Waals surface area contributed by atoms with Crippen LogP contribution >= 0.6 is 0 Å². The Balaban J connectivity index is 0.000000451. The van der Waals surface area contributed by atoms with Gasteiger partial charge in [-0.3, -0.25) is 9.89 Å². The molecule has 0 aliphatic heterocycles. The number of aromatic nitrogens is 2. The van der Waals surface area contributed by atoms with Crippen LogP contribution in [0.15, 0.2) is 30.3 Å². The summed E-state index contributed by atoms with van der Waals surface area (Å²) in [6.07, 6.45) is -2.53. The van der Waals surface area contributed by atoms with Crippen LogP contribution in [0, 0.1) is 5.92 Å². The molecule has 10 heteroatoms. The van der Waals surface area contributed by atoms with E-state index < -0.39 is 12.1 Å². The molecule has 1 aromatic heterocycles. The number of aryl methyl sites for hydroxylation is 1. The number of amides is 1. The minimum Gasteiger partial charge on any atom is -0.475 e. The van der Waals surface area contributed by atoms with Crippen molar-refractivity contribution in [1.82, 2.24) is 20.4 Å². The molecule has 0 saturated carbocycles. The predicted molar refractivity (Wildman–Crippen MR) is 114 cm³/mol. The van der Waals surface area contributed by atoms with Crippen LogP contribution < -0.4 is 5.32 Å². The first kappa shape index (κ1) is 25.4. The molecule has 7 nitrogen and oxygen atoms in total. The molecule has 0 bridgehead atoms. The number of hydrogen-bond donors (Lipinski definition) is 3. The first-order valence-electron chi connectivity index (χ1n) is 10.6. The fraction of sp³-hybridized carbons (Fsp3) is 0.500. The Hall–Kier alpha value is -2.88. The molecule has 1 amide bonds. The van der Waals surface area contributed by atoms with Crippen LogP contribution in [-0.2, 0) is 22.4 Å². The number of halogens is 3. The van der Waals surface area contributed by atoms with Gasteiger partial charge in [0.25, 0.3) is 0 Å². The maximum absolute atomic E-state index is 12.6. The fourth-order valence-electron chi connectivity index (χ4n) is 3.57. The zero-order valence-electron chi connectivity index (χ0n) is 18.2. The molecule has 0 fully saturated rings. The maximum atomic E-state index is 12.6. The molecule has 3 N–H and O–H groups in total. The van der Waals surface area contributed by atoms with Crippen molar-refractivity contribution in [2.24, 2.45) is 5.92 Å². The molecular weight excluding hydrogens is 425 g/mol. The Morgan fingerprint density at radius 1 is 1.22 bits per heavy atom. The first-order chi connectivity index (χ1) is 15.2. The number of carbonyl (C=O) groups excluding carboxylic acids is 1. The number of H-pyrrole nitrogens is 1. The van der Waals surface area contributed by atoms with Crippen LogP contribution in [0.5, 0.6) is 0 Å². The van der Waals surface area contributed by atoms with Crippen molar-refractivity contribution in [3.63, 3.8) is 0 Å². The molecule has 1 aliphatic rings. The van der Waals surface area contributed by atoms with E-state index in [9.17, 15) is 18.0 Å². The van der Waals surface area contributed by atoms with E-state index in [0.29, 0.717) is 0 Å². The fourth-order valence-corrected chi connectivity index (χ4v) is 3.57. The van der Waals surface area contributed by atoms with Gasteiger partial charge in [0.05, 0.1) is 5.69 Å². The van der Waals surface area contributed by atoms with Crippen LogP contribution in [0.1, 0.15) is 31.5 Å². The second-order valence-electron chi connectivity index (χ2n) is 7.46. The van der Waals surface area contributed by atoms with E-state index in [2.05, 4.69) is 46.4 Å². The van der Waals surface area contributed by atoms with Crippen LogP contribution in [-0.4, -0.2) is 64.4 Å². The minimum absolute atomic E-state index is 0.0456. The second-order valence-corrected chi connectivity index (χ2v) is 7.46. The van der Waals surface area contributed by atoms with Crippen molar-refractivity contribution < 1.29 is 27.9 Å². The van der Waals surface area contributed by atoms with Gasteiger partial charge in [-0.05, 0) is 32.4 Å². The highest BCUT2D eigenvalue weighted by Crippen LogP contribution is 2.32. The van der Waals surface area contributed by atoms with Gasteiger partial charge in [0.15, 0.2) is 0 Å². The van der Waals surface area contributed by atoms with Crippen LogP contribution in [0.25, 0.3) is 11.3 Å². The largest absolute Gasteiger partial charge is 0.490 e. The highest BCUT2D eigenvalue weighted by atomic mass is 19.4. The van der Waals surface area contributed by atoms with Crippen molar-refractivity contribution in [2.45, 2.75) is 39.3 Å². The third-order valence-electron chi connectivity index (χ3n) is 5.43. The van der Waals surface area contributed by atoms with Crippen LogP contribution in [0.3, 0.4) is 0 Å². The van der Waals surface area contributed by atoms with E-state index in [1.165, 1.54) is 11.3 Å². The maximum Gasteiger partial charge on any atom is 0.490 e. The molecule has 176 valence electrons. The summed E-state index contributed by atoms with van der Waals surface area (Å²) in [7, 11) is 0. The lowest BCUT2D eigenvalue weighted by molar-refractivity contribution is -0.192. The Morgan fingerprint density at radius 2 is 1.84 bits per heavy atom. The molecule has 0 spiro atoms. The van der Waals surface area contributed by atoms with Crippen molar-refractivity contribution >= 4 is 11.9 Å². The minimum atomic E-state index is -5.08. The van der Waals surface area contributed by atoms with E-state index in [4.69, 9.17) is 9.90 Å². The number of alkyl halides is 3. The lowest BCUT2D eigenvalue weighted by atomic mass is 9.85. The number of rotatable bonds is 7. The number of nitrogens with one attached hydrogen (secondary N) is 2. The number of aliphatic carboxylic acids is 1. The number of hydrogen-bond acceptors (Lipinski definition) is 4. The quantitative estimate of drug-likeness (QED) is 0.597. The molecule has 32 heavy (non-hydrogen) atoms. The zero-order valence-corrected chi connectivity index (χ0v) is 18.2. The Labute approximate surface area is 185 Å². The third kappa shape index (κ3) is 7.08. The van der Waals surface area contributed by atoms with Crippen molar-refractivity contribution in [1.29, 1.82) is 0 Å². The summed E-state index contributed by atoms with van der Waals surface area (Å²) in [6.45, 7) is 7.98. The van der Waals surface area contributed by atoms with E-state index >= 15 is 0 Å². The first-order valence-corrected chi connectivity index (χ1v) is 10.6. The lowest BCUT2D eigenvalue weighted by Crippen LogP contribution is -2.39. The van der Waals surface area contributed by atoms with E-state index in [0.717, 1.165) is 56.7 Å². The van der Waals surface area contributed by atoms with Crippen molar-refractivity contribution in [2.75, 3.05) is 26.2 Å². The summed E-state index contributed by atoms with van der Waals surface area (Å²) in [5, 5.41) is 17.9. The smallest absolute Gasteiger partial charge is 0.475 e. The summed E-state index contributed by atoms with van der Waals surface area (Å²) in [5.74, 6) is -2.53. The van der Waals surface area contributed by atoms with Gasteiger partial charge in [-0.2, -0.15) is 18.3 Å². The normalized spacial score (nSPS) is 15.5. The molecular formula is C22H29F3N4O3. The Kier molecular flexibility index (Phi) is 9.25. The second kappa shape index (κ2) is 11.7. The van der Waals surface area contributed by atoms with E-state index in [1.807, 2.05) is 18.2 Å². The Morgan fingerprint density at radius 3 is 2.41 bits per heavy atom. The number of likely N-dealkylation sites (N-methyl/N-ethyl adjacent to an activating group) is 1. The molecule has 1 aliphatic carbocycles. The van der Waals surface area contributed by atoms with Gasteiger partial charge in [0.1, 0.15) is 0 Å². The van der Waals surface area contributed by atoms with Crippen LogP contribution in [0.4, 0.5) is 13.2 Å². The van der Waals surface area contributed by atoms with Gasteiger partial charge in [0, 0.05) is 35.8 Å². The number of fused-ring (bicyclic) bond motifs is 1. The number of carbonyl (C=O) groups is 2. The van der Waals surface area contributed by atoms with E-state index in [1.54, 1.807) is 0 Å². The van der Waals surface area contributed by atoms with Gasteiger partial charge in [0.2, 0.25) is 5.91 Å². The summed E-state index contributed by atoms with van der Waals surface area (Å²) in [4.78, 5) is 23.8. The van der Waals surface area contributed by atoms with Gasteiger partial charge in [-0.25, -0.2) is 4.79 Å². The molecule has 1 unspecified atom stereocenters. The van der Waals surface area contributed by atoms with Crippen LogP contribution in [0.2, 0.25) is 0 Å². The van der Waals surface area contributed by atoms with Gasteiger partial charge < -0.3 is 15.3 Å². The lowest BCUT2D eigenvalue weighted by Gasteiger charge is -2.23. The zero-order chi connectivity index (χ0) is 23.7. The summed E-state index contributed by atoms with van der Waals surface area (Å²) in [6, 6.07) is 10.2. The Bertz CT molecular complexity index is 880. The number of carboxylic acids is 1. The molecule has 1 heterocycles. The topological polar surface area (TPSA) is 98.3 Å². The molecule has 0 saturated heterocycles. The van der Waals surface area contributed by atoms with Gasteiger partial charge in [-0.1, -0.05) is 44.2 Å². The summed E-state index contributed by atoms with van der Waals surface area (Å²) in [5.41, 5.74) is 4.51. The van der Waals surface area contributed by atoms with Crippen molar-refractivity contribution in [3.05, 3.63) is 41.6 Å². The monoisotopic (exact) mass is 454 g/mol. The number of aromatic amines is 1. The number of nitrogens with zero attached hydrogens (tertiary/aromatic N) is 2. The summed E-state index contributed by atoms with van der Waals surface area (Å²) >= 11 is 0. The highest BCUT2D eigenvalue weighted by molar-refractivity contribution is 5.80. The molecule has 1 atom stereocenters. The standard InChI is InChI=1S/C20H28N4O.C2HF3O2/c1-3-24(4-2)13-12-21-20(25)16-10-11-18-17(14-16)19(23-22-18)15-8-6-5-7-9-15;3-2(4,5)1(6)7/h5-9,16H,3-4,10-14H2,1-2H3,(H,21,25)(H,22,23);(H,6,7). The third-order valence-corrected chi connectivity index (χ3v) is 5.43. The predicted octanol–water partition coefficient (Wildman–Crippen LogP) is 3.27. The SMILES string of the molecule is CCN(CC)CCNC(=O)C1CCc2[nH]nc(-c3ccccc3)c2C1.O=C(O)C(F)(F)F.